The van der Waals surface area contributed by atoms with Crippen LogP contribution in [0.3, 0.4) is 0 Å². The Hall–Kier alpha value is -4.27. The van der Waals surface area contributed by atoms with Gasteiger partial charge in [-0.1, -0.05) is 24.3 Å². The van der Waals surface area contributed by atoms with Crippen molar-refractivity contribution < 1.29 is 9.18 Å². The molecule has 39 heavy (non-hydrogen) atoms. The Balaban J connectivity index is 1.18. The molecule has 2 fully saturated rings. The molecular formula is C30H32FN7O. The summed E-state index contributed by atoms with van der Waals surface area (Å²) in [6.45, 7) is 4.00. The molecular weight excluding hydrogens is 493 g/mol. The molecule has 1 atom stereocenters. The van der Waals surface area contributed by atoms with E-state index in [9.17, 15) is 9.18 Å². The molecule has 1 saturated carbocycles. The third-order valence-electron chi connectivity index (χ3n) is 7.96. The Labute approximate surface area is 227 Å². The van der Waals surface area contributed by atoms with Crippen molar-refractivity contribution in [2.45, 2.75) is 44.7 Å². The molecule has 0 spiro atoms. The van der Waals surface area contributed by atoms with Gasteiger partial charge in [0.15, 0.2) is 5.65 Å². The highest BCUT2D eigenvalue weighted by Crippen LogP contribution is 2.34. The van der Waals surface area contributed by atoms with Crippen LogP contribution < -0.4 is 10.6 Å². The van der Waals surface area contributed by atoms with Crippen LogP contribution in [0.15, 0.2) is 67.0 Å². The van der Waals surface area contributed by atoms with Crippen LogP contribution >= 0.6 is 0 Å². The quantitative estimate of drug-likeness (QED) is 0.345. The summed E-state index contributed by atoms with van der Waals surface area (Å²) < 4.78 is 15.4. The zero-order valence-electron chi connectivity index (χ0n) is 22.0. The van der Waals surface area contributed by atoms with Crippen LogP contribution in [0, 0.1) is 12.7 Å². The Morgan fingerprint density at radius 1 is 1.13 bits per heavy atom. The number of anilines is 2. The molecule has 1 aliphatic heterocycles. The number of hydrogen-bond donors (Lipinski definition) is 1. The van der Waals surface area contributed by atoms with Crippen LogP contribution in [0.2, 0.25) is 0 Å². The predicted molar refractivity (Wildman–Crippen MR) is 151 cm³/mol. The van der Waals surface area contributed by atoms with E-state index in [1.54, 1.807) is 18.2 Å². The Kier molecular flexibility index (Phi) is 6.72. The number of carbonyl (C=O) groups excluding carboxylic acids is 1. The number of amides is 1. The minimum absolute atomic E-state index is 0.000188. The highest BCUT2D eigenvalue weighted by Gasteiger charge is 2.30. The van der Waals surface area contributed by atoms with Crippen LogP contribution in [-0.4, -0.2) is 56.2 Å². The number of hydrogen-bond acceptors (Lipinski definition) is 6. The second kappa shape index (κ2) is 10.5. The van der Waals surface area contributed by atoms with Gasteiger partial charge in [0.05, 0.1) is 11.4 Å². The van der Waals surface area contributed by atoms with Gasteiger partial charge >= 0.3 is 0 Å². The minimum Gasteiger partial charge on any atom is -0.383 e. The molecule has 200 valence electrons. The number of rotatable bonds is 7. The molecule has 1 aliphatic carbocycles. The van der Waals surface area contributed by atoms with Gasteiger partial charge < -0.3 is 15.5 Å². The van der Waals surface area contributed by atoms with Crippen molar-refractivity contribution in [1.29, 1.82) is 0 Å². The zero-order valence-corrected chi connectivity index (χ0v) is 22.0. The summed E-state index contributed by atoms with van der Waals surface area (Å²) in [6.07, 6.45) is 9.51. The number of aryl methyl sites for hydroxylation is 1. The van der Waals surface area contributed by atoms with Gasteiger partial charge in [0.25, 0.3) is 0 Å². The highest BCUT2D eigenvalue weighted by atomic mass is 19.1. The Morgan fingerprint density at radius 3 is 2.67 bits per heavy atom. The van der Waals surface area contributed by atoms with Crippen LogP contribution in [0.5, 0.6) is 0 Å². The number of aromatic nitrogens is 4. The number of nitrogens with zero attached hydrogens (tertiary/aromatic N) is 6. The molecule has 1 saturated heterocycles. The molecule has 0 bridgehead atoms. The fourth-order valence-corrected chi connectivity index (χ4v) is 5.60. The average Bonchev–Trinajstić information content (AvgIpc) is 3.54. The van der Waals surface area contributed by atoms with Gasteiger partial charge in [0.1, 0.15) is 23.7 Å². The molecule has 0 radical (unpaired) electrons. The fourth-order valence-electron chi connectivity index (χ4n) is 5.60. The first-order valence-electron chi connectivity index (χ1n) is 13.5. The molecule has 3 heterocycles. The average molecular weight is 526 g/mol. The van der Waals surface area contributed by atoms with E-state index in [2.05, 4.69) is 46.1 Å². The highest BCUT2D eigenvalue weighted by molar-refractivity contribution is 5.98. The monoisotopic (exact) mass is 525 g/mol. The maximum Gasteiger partial charge on any atom is 0.246 e. The standard InChI is InChI=1S/C30H32FN7O/c1-20-6-2-3-9-25(20)37(23-7-4-8-23)16-5-10-26(39)36-17-15-24(18-36)38-30-27(29(32)33-19-34-30)28(35-38)21-11-13-22(31)14-12-21/h2-3,5-6,9-14,19,23-24H,4,7-8,15-18H2,1H3,(H2,32,33,34)/b10-5+/t24-/m1/s1. The van der Waals surface area contributed by atoms with Crippen LogP contribution in [0.1, 0.15) is 37.3 Å². The largest absolute Gasteiger partial charge is 0.383 e. The molecule has 2 aromatic carbocycles. The molecule has 4 aromatic rings. The molecule has 9 heteroatoms. The lowest BCUT2D eigenvalue weighted by Crippen LogP contribution is -2.40. The molecule has 2 N–H and O–H groups in total. The number of fused-ring (bicyclic) bond motifs is 1. The van der Waals surface area contributed by atoms with Gasteiger partial charge in [-0.25, -0.2) is 19.0 Å². The summed E-state index contributed by atoms with van der Waals surface area (Å²) in [5, 5.41) is 5.48. The minimum atomic E-state index is -0.320. The predicted octanol–water partition coefficient (Wildman–Crippen LogP) is 4.91. The van der Waals surface area contributed by atoms with E-state index in [0.29, 0.717) is 48.2 Å². The van der Waals surface area contributed by atoms with Gasteiger partial charge in [-0.2, -0.15) is 5.10 Å². The number of halogens is 1. The van der Waals surface area contributed by atoms with Crippen molar-refractivity contribution in [1.82, 2.24) is 24.6 Å². The number of likely N-dealkylation sites (tertiary alicyclic amines) is 1. The van der Waals surface area contributed by atoms with Crippen molar-refractivity contribution in [3.63, 3.8) is 0 Å². The maximum absolute atomic E-state index is 13.5. The smallest absolute Gasteiger partial charge is 0.246 e. The number of benzene rings is 2. The number of para-hydroxylation sites is 1. The van der Waals surface area contributed by atoms with E-state index >= 15 is 0 Å². The first-order valence-corrected chi connectivity index (χ1v) is 13.5. The first-order chi connectivity index (χ1) is 19.0. The molecule has 1 amide bonds. The van der Waals surface area contributed by atoms with Gasteiger partial charge in [0, 0.05) is 43.0 Å². The molecule has 6 rings (SSSR count). The summed E-state index contributed by atoms with van der Waals surface area (Å²) in [6, 6.07) is 15.1. The maximum atomic E-state index is 13.5. The molecule has 2 aliphatic rings. The lowest BCUT2D eigenvalue weighted by atomic mass is 9.90. The number of carbonyl (C=O) groups is 1. The van der Waals surface area contributed by atoms with E-state index in [4.69, 9.17) is 10.8 Å². The normalized spacial score (nSPS) is 17.7. The van der Waals surface area contributed by atoms with E-state index in [0.717, 1.165) is 12.0 Å². The van der Waals surface area contributed by atoms with Crippen molar-refractivity contribution in [3.05, 3.63) is 78.4 Å². The topological polar surface area (TPSA) is 93.2 Å². The van der Waals surface area contributed by atoms with Crippen molar-refractivity contribution in [3.8, 4) is 11.3 Å². The molecule has 8 nitrogen and oxygen atoms in total. The van der Waals surface area contributed by atoms with E-state index < -0.39 is 0 Å². The molecule has 0 unspecified atom stereocenters. The third kappa shape index (κ3) is 4.84. The summed E-state index contributed by atoms with van der Waals surface area (Å²) in [5.74, 6) is 0.00346. The van der Waals surface area contributed by atoms with Crippen molar-refractivity contribution in [2.24, 2.45) is 0 Å². The summed E-state index contributed by atoms with van der Waals surface area (Å²) in [4.78, 5) is 26.0. The van der Waals surface area contributed by atoms with Crippen LogP contribution in [0.4, 0.5) is 15.9 Å². The van der Waals surface area contributed by atoms with Crippen molar-refractivity contribution >= 4 is 28.4 Å². The Bertz CT molecular complexity index is 1530. The SMILES string of the molecule is Cc1ccccc1N(C/C=C/C(=O)N1CC[C@@H](n2nc(-c3ccc(F)cc3)c3c(N)ncnc32)C1)C1CCC1. The Morgan fingerprint density at radius 2 is 1.92 bits per heavy atom. The number of nitrogen functional groups attached to an aromatic ring is 1. The lowest BCUT2D eigenvalue weighted by Gasteiger charge is -2.39. The summed E-state index contributed by atoms with van der Waals surface area (Å²) in [5.41, 5.74) is 10.7. The molecule has 2 aromatic heterocycles. The van der Waals surface area contributed by atoms with Gasteiger partial charge in [-0.15, -0.1) is 0 Å². The first kappa shape index (κ1) is 25.0. The lowest BCUT2D eigenvalue weighted by molar-refractivity contribution is -0.125. The number of nitrogens with two attached hydrogens (primary N) is 1. The van der Waals surface area contributed by atoms with E-state index in [1.165, 1.54) is 49.0 Å². The summed E-state index contributed by atoms with van der Waals surface area (Å²) >= 11 is 0. The van der Waals surface area contributed by atoms with Crippen LogP contribution in [-0.2, 0) is 4.79 Å². The third-order valence-corrected chi connectivity index (χ3v) is 7.96. The van der Waals surface area contributed by atoms with Gasteiger partial charge in [-0.05, 0) is 68.5 Å². The van der Waals surface area contributed by atoms with E-state index in [-0.39, 0.29) is 17.8 Å². The van der Waals surface area contributed by atoms with Crippen molar-refractivity contribution in [2.75, 3.05) is 30.3 Å². The fraction of sp³-hybridized carbons (Fsp3) is 0.333. The van der Waals surface area contributed by atoms with Gasteiger partial charge in [0.2, 0.25) is 5.91 Å². The second-order valence-corrected chi connectivity index (χ2v) is 10.4. The summed E-state index contributed by atoms with van der Waals surface area (Å²) in [7, 11) is 0. The van der Waals surface area contributed by atoms with E-state index in [1.807, 2.05) is 15.7 Å². The second-order valence-electron chi connectivity index (χ2n) is 10.4. The van der Waals surface area contributed by atoms with Gasteiger partial charge in [-0.3, -0.25) is 4.79 Å². The van der Waals surface area contributed by atoms with Crippen LogP contribution in [0.25, 0.3) is 22.3 Å². The zero-order chi connectivity index (χ0) is 26.9.